The van der Waals surface area contributed by atoms with Gasteiger partial charge in [0.15, 0.2) is 0 Å². The molecule has 1 atom stereocenters. The predicted octanol–water partition coefficient (Wildman–Crippen LogP) is 4.04. The first-order valence-corrected chi connectivity index (χ1v) is 9.19. The third-order valence-corrected chi connectivity index (χ3v) is 6.39. The van der Waals surface area contributed by atoms with Crippen molar-refractivity contribution in [3.05, 3.63) is 29.3 Å². The summed E-state index contributed by atoms with van der Waals surface area (Å²) in [6.07, 6.45) is 0.844. The van der Waals surface area contributed by atoms with E-state index in [4.69, 9.17) is 11.6 Å². The number of rotatable bonds is 5. The first-order chi connectivity index (χ1) is 9.55. The smallest absolute Gasteiger partial charge is 0.207 e. The van der Waals surface area contributed by atoms with Crippen molar-refractivity contribution in [2.75, 3.05) is 7.05 Å². The van der Waals surface area contributed by atoms with Gasteiger partial charge in [0, 0.05) is 19.0 Å². The van der Waals surface area contributed by atoms with Gasteiger partial charge in [-0.2, -0.15) is 4.31 Å². The first kappa shape index (κ1) is 18.5. The average Bonchev–Trinajstić information content (AvgIpc) is 2.43. The van der Waals surface area contributed by atoms with Crippen LogP contribution in [0.25, 0.3) is 0 Å². The van der Waals surface area contributed by atoms with Gasteiger partial charge in [0.25, 0.3) is 0 Å². The van der Waals surface area contributed by atoms with Gasteiger partial charge in [0.2, 0.25) is 10.0 Å². The molecular weight excluding hydrogens is 306 g/mol. The number of alkyl halides is 1. The molecule has 0 saturated carbocycles. The van der Waals surface area contributed by atoms with Gasteiger partial charge in [0.1, 0.15) is 0 Å². The number of halogens is 1. The summed E-state index contributed by atoms with van der Waals surface area (Å²) in [4.78, 5) is 0.314. The Bertz CT molecular complexity index is 591. The van der Waals surface area contributed by atoms with Gasteiger partial charge in [-0.3, -0.25) is 0 Å². The van der Waals surface area contributed by atoms with Gasteiger partial charge in [0.05, 0.1) is 4.90 Å². The number of nitrogens with zero attached hydrogens (tertiary/aromatic N) is 1. The summed E-state index contributed by atoms with van der Waals surface area (Å²) in [5.74, 6) is 0.324. The summed E-state index contributed by atoms with van der Waals surface area (Å²) in [7, 11) is -1.87. The predicted molar refractivity (Wildman–Crippen MR) is 89.2 cm³/mol. The van der Waals surface area contributed by atoms with Crippen LogP contribution in [0.3, 0.4) is 0 Å². The Morgan fingerprint density at radius 2 is 1.81 bits per heavy atom. The van der Waals surface area contributed by atoms with Crippen LogP contribution in [0.15, 0.2) is 23.1 Å². The summed E-state index contributed by atoms with van der Waals surface area (Å²) in [5.41, 5.74) is 1.85. The molecule has 0 aliphatic carbocycles. The largest absolute Gasteiger partial charge is 0.243 e. The summed E-state index contributed by atoms with van der Waals surface area (Å²) in [6, 6.07) is 5.14. The molecule has 0 aliphatic rings. The Hall–Kier alpha value is -0.580. The van der Waals surface area contributed by atoms with Gasteiger partial charge in [-0.1, -0.05) is 33.8 Å². The molecule has 3 nitrogen and oxygen atoms in total. The fourth-order valence-electron chi connectivity index (χ4n) is 2.15. The number of hydrogen-bond donors (Lipinski definition) is 0. The standard InChI is InChI=1S/C16H26ClNO2S/c1-7-13-8-9-15(10-14(13)11-17)21(19,20)18(6)12(2)16(3,4)5/h8-10,12H,7,11H2,1-6H3. The minimum atomic E-state index is -3.50. The lowest BCUT2D eigenvalue weighted by Crippen LogP contribution is -2.42. The lowest BCUT2D eigenvalue weighted by molar-refractivity contribution is 0.216. The van der Waals surface area contributed by atoms with Gasteiger partial charge in [-0.25, -0.2) is 8.42 Å². The van der Waals surface area contributed by atoms with Crippen molar-refractivity contribution in [2.24, 2.45) is 5.41 Å². The lowest BCUT2D eigenvalue weighted by Gasteiger charge is -2.34. The summed E-state index contributed by atoms with van der Waals surface area (Å²) >= 11 is 5.94. The van der Waals surface area contributed by atoms with Crippen molar-refractivity contribution in [2.45, 2.75) is 57.9 Å². The molecule has 0 aliphatic heterocycles. The maximum atomic E-state index is 12.8. The van der Waals surface area contributed by atoms with Crippen LogP contribution in [-0.2, 0) is 22.3 Å². The van der Waals surface area contributed by atoms with E-state index in [1.807, 2.05) is 40.7 Å². The second kappa shape index (κ2) is 6.67. The molecule has 0 N–H and O–H groups in total. The van der Waals surface area contributed by atoms with E-state index in [0.717, 1.165) is 17.5 Å². The van der Waals surface area contributed by atoms with Crippen molar-refractivity contribution < 1.29 is 8.42 Å². The van der Waals surface area contributed by atoms with Gasteiger partial charge in [-0.05, 0) is 42.0 Å². The zero-order valence-corrected chi connectivity index (χ0v) is 15.3. The average molecular weight is 332 g/mol. The Labute approximate surface area is 134 Å². The minimum Gasteiger partial charge on any atom is -0.207 e. The van der Waals surface area contributed by atoms with E-state index in [1.54, 1.807) is 19.2 Å². The Kier molecular flexibility index (Phi) is 5.87. The third-order valence-electron chi connectivity index (χ3n) is 4.18. The molecule has 1 aromatic rings. The highest BCUT2D eigenvalue weighted by Gasteiger charge is 2.32. The monoisotopic (exact) mass is 331 g/mol. The molecule has 120 valence electrons. The normalized spacial score (nSPS) is 14.5. The molecule has 1 rings (SSSR count). The van der Waals surface area contributed by atoms with Crippen molar-refractivity contribution in [3.63, 3.8) is 0 Å². The number of aryl methyl sites for hydroxylation is 1. The van der Waals surface area contributed by atoms with E-state index in [1.165, 1.54) is 4.31 Å². The molecule has 0 heterocycles. The number of benzene rings is 1. The molecule has 1 unspecified atom stereocenters. The highest BCUT2D eigenvalue weighted by Crippen LogP contribution is 2.28. The zero-order chi connectivity index (χ0) is 16.4. The minimum absolute atomic E-state index is 0.104. The van der Waals surface area contributed by atoms with E-state index in [9.17, 15) is 8.42 Å². The van der Waals surface area contributed by atoms with Crippen molar-refractivity contribution in [1.29, 1.82) is 0 Å². The molecule has 0 fully saturated rings. The molecule has 0 saturated heterocycles. The van der Waals surface area contributed by atoms with E-state index >= 15 is 0 Å². The van der Waals surface area contributed by atoms with E-state index in [2.05, 4.69) is 0 Å². The second-order valence-electron chi connectivity index (χ2n) is 6.48. The van der Waals surface area contributed by atoms with E-state index in [-0.39, 0.29) is 11.5 Å². The molecule has 5 heteroatoms. The second-order valence-corrected chi connectivity index (χ2v) is 8.75. The van der Waals surface area contributed by atoms with E-state index in [0.29, 0.717) is 10.8 Å². The Balaban J connectivity index is 3.25. The number of sulfonamides is 1. The highest BCUT2D eigenvalue weighted by molar-refractivity contribution is 7.89. The van der Waals surface area contributed by atoms with Crippen LogP contribution in [0.2, 0.25) is 0 Å². The van der Waals surface area contributed by atoms with Crippen molar-refractivity contribution in [3.8, 4) is 0 Å². The van der Waals surface area contributed by atoms with Gasteiger partial charge in [-0.15, -0.1) is 11.6 Å². The van der Waals surface area contributed by atoms with Crippen LogP contribution >= 0.6 is 11.6 Å². The third kappa shape index (κ3) is 3.99. The molecule has 0 bridgehead atoms. The SMILES string of the molecule is CCc1ccc(S(=O)(=O)N(C)C(C)C(C)(C)C)cc1CCl. The van der Waals surface area contributed by atoms with Crippen LogP contribution in [0.5, 0.6) is 0 Å². The quantitative estimate of drug-likeness (QED) is 0.763. The summed E-state index contributed by atoms with van der Waals surface area (Å²) < 4.78 is 27.0. The summed E-state index contributed by atoms with van der Waals surface area (Å²) in [6.45, 7) is 10.1. The molecular formula is C16H26ClNO2S. The number of hydrogen-bond acceptors (Lipinski definition) is 2. The van der Waals surface area contributed by atoms with Crippen molar-refractivity contribution in [1.82, 2.24) is 4.31 Å². The fraction of sp³-hybridized carbons (Fsp3) is 0.625. The molecule has 0 radical (unpaired) electrons. The highest BCUT2D eigenvalue weighted by atomic mass is 35.5. The van der Waals surface area contributed by atoms with Crippen LogP contribution in [0.4, 0.5) is 0 Å². The fourth-order valence-corrected chi connectivity index (χ4v) is 4.00. The van der Waals surface area contributed by atoms with E-state index < -0.39 is 10.0 Å². The molecule has 21 heavy (non-hydrogen) atoms. The van der Waals surface area contributed by atoms with Crippen LogP contribution in [-0.4, -0.2) is 25.8 Å². The molecule has 1 aromatic carbocycles. The molecule has 0 spiro atoms. The summed E-state index contributed by atoms with van der Waals surface area (Å²) in [5, 5.41) is 0. The zero-order valence-electron chi connectivity index (χ0n) is 13.8. The van der Waals surface area contributed by atoms with Crippen molar-refractivity contribution >= 4 is 21.6 Å². The molecule has 0 aromatic heterocycles. The maximum Gasteiger partial charge on any atom is 0.243 e. The van der Waals surface area contributed by atoms with Crippen LogP contribution in [0.1, 0.15) is 45.7 Å². The van der Waals surface area contributed by atoms with Crippen LogP contribution in [0, 0.1) is 5.41 Å². The molecule has 0 amide bonds. The van der Waals surface area contributed by atoms with Gasteiger partial charge < -0.3 is 0 Å². The van der Waals surface area contributed by atoms with Crippen LogP contribution < -0.4 is 0 Å². The Morgan fingerprint density at radius 1 is 1.24 bits per heavy atom. The Morgan fingerprint density at radius 3 is 2.24 bits per heavy atom. The van der Waals surface area contributed by atoms with Gasteiger partial charge >= 0.3 is 0 Å². The lowest BCUT2D eigenvalue weighted by atomic mass is 9.88. The maximum absolute atomic E-state index is 12.8. The topological polar surface area (TPSA) is 37.4 Å². The first-order valence-electron chi connectivity index (χ1n) is 7.21.